The Kier molecular flexibility index (Phi) is 3.53. The molecular weight excluding hydrogens is 162 g/mol. The summed E-state index contributed by atoms with van der Waals surface area (Å²) in [6, 6.07) is 0. The monoisotopic (exact) mass is 175 g/mol. The van der Waals surface area contributed by atoms with E-state index in [0.29, 0.717) is 0 Å². The molecule has 0 atom stereocenters. The predicted molar refractivity (Wildman–Crippen MR) is 41.9 cm³/mol. The number of nitrogens with one attached hydrogen (secondary N) is 1. The highest BCUT2D eigenvalue weighted by Crippen LogP contribution is 2.07. The Morgan fingerprint density at radius 3 is 2.33 bits per heavy atom. The van der Waals surface area contributed by atoms with Crippen LogP contribution in [0.3, 0.4) is 0 Å². The Morgan fingerprint density at radius 2 is 2.00 bits per heavy atom. The predicted octanol–water partition coefficient (Wildman–Crippen LogP) is 0.596. The Labute approximate surface area is 70.7 Å². The summed E-state index contributed by atoms with van der Waals surface area (Å²) in [5, 5.41) is 10.8. The standard InChI is InChI=1S/C7H13NO4/c1-7(2,4-5(9)10)8-6(11)12-3/h4H2,1-3H3,(H,8,11)(H,9,10). The summed E-state index contributed by atoms with van der Waals surface area (Å²) in [6.45, 7) is 3.22. The minimum atomic E-state index is -0.962. The first kappa shape index (κ1) is 10.7. The molecule has 70 valence electrons. The summed E-state index contributed by atoms with van der Waals surface area (Å²) in [5.41, 5.74) is -0.779. The zero-order valence-corrected chi connectivity index (χ0v) is 7.38. The Hall–Kier alpha value is -1.26. The fraction of sp³-hybridized carbons (Fsp3) is 0.714. The molecule has 0 radical (unpaired) electrons. The molecule has 0 spiro atoms. The van der Waals surface area contributed by atoms with Crippen LogP contribution < -0.4 is 5.32 Å². The van der Waals surface area contributed by atoms with E-state index in [1.807, 2.05) is 0 Å². The molecule has 0 saturated heterocycles. The number of amides is 1. The van der Waals surface area contributed by atoms with Gasteiger partial charge in [0.15, 0.2) is 0 Å². The first-order valence-corrected chi connectivity index (χ1v) is 3.45. The van der Waals surface area contributed by atoms with E-state index in [1.54, 1.807) is 13.8 Å². The molecule has 0 aromatic rings. The second-order valence-electron chi connectivity index (χ2n) is 3.07. The van der Waals surface area contributed by atoms with E-state index >= 15 is 0 Å². The molecule has 2 N–H and O–H groups in total. The van der Waals surface area contributed by atoms with Crippen LogP contribution in [0.15, 0.2) is 0 Å². The van der Waals surface area contributed by atoms with Gasteiger partial charge in [0.1, 0.15) is 0 Å². The summed E-state index contributed by atoms with van der Waals surface area (Å²) in [6.07, 6.45) is -0.761. The number of carboxylic acids is 1. The number of carbonyl (C=O) groups excluding carboxylic acids is 1. The lowest BCUT2D eigenvalue weighted by Gasteiger charge is -2.22. The summed E-state index contributed by atoms with van der Waals surface area (Å²) in [7, 11) is 1.23. The van der Waals surface area contributed by atoms with Crippen molar-refractivity contribution in [2.75, 3.05) is 7.11 Å². The van der Waals surface area contributed by atoms with Gasteiger partial charge in [-0.2, -0.15) is 0 Å². The normalized spacial score (nSPS) is 10.6. The van der Waals surface area contributed by atoms with Gasteiger partial charge in [-0.3, -0.25) is 4.79 Å². The van der Waals surface area contributed by atoms with Gasteiger partial charge in [0.05, 0.1) is 13.5 Å². The van der Waals surface area contributed by atoms with Crippen LogP contribution in [-0.2, 0) is 9.53 Å². The zero-order chi connectivity index (χ0) is 9.78. The molecule has 0 bridgehead atoms. The summed E-state index contributed by atoms with van der Waals surface area (Å²) in [4.78, 5) is 21.0. The van der Waals surface area contributed by atoms with Crippen molar-refractivity contribution < 1.29 is 19.4 Å². The molecule has 0 aliphatic carbocycles. The van der Waals surface area contributed by atoms with Crippen LogP contribution in [-0.4, -0.2) is 29.8 Å². The number of methoxy groups -OCH3 is 1. The van der Waals surface area contributed by atoms with Gasteiger partial charge >= 0.3 is 12.1 Å². The summed E-state index contributed by atoms with van der Waals surface area (Å²) in [5.74, 6) is -0.962. The fourth-order valence-electron chi connectivity index (χ4n) is 0.750. The van der Waals surface area contributed by atoms with Crippen molar-refractivity contribution in [2.45, 2.75) is 25.8 Å². The van der Waals surface area contributed by atoms with Gasteiger partial charge < -0.3 is 15.2 Å². The van der Waals surface area contributed by atoms with E-state index in [-0.39, 0.29) is 6.42 Å². The van der Waals surface area contributed by atoms with Gasteiger partial charge in [0.25, 0.3) is 0 Å². The van der Waals surface area contributed by atoms with E-state index in [2.05, 4.69) is 10.1 Å². The van der Waals surface area contributed by atoms with Gasteiger partial charge in [-0.15, -0.1) is 0 Å². The van der Waals surface area contributed by atoms with Crippen LogP contribution in [0.2, 0.25) is 0 Å². The van der Waals surface area contributed by atoms with Crippen molar-refractivity contribution in [3.8, 4) is 0 Å². The van der Waals surface area contributed by atoms with Crippen molar-refractivity contribution in [3.63, 3.8) is 0 Å². The Morgan fingerprint density at radius 1 is 1.50 bits per heavy atom. The third-order valence-electron chi connectivity index (χ3n) is 1.22. The van der Waals surface area contributed by atoms with Gasteiger partial charge in [-0.1, -0.05) is 0 Å². The third-order valence-corrected chi connectivity index (χ3v) is 1.22. The summed E-state index contributed by atoms with van der Waals surface area (Å²) < 4.78 is 4.32. The molecule has 0 aliphatic rings. The van der Waals surface area contributed by atoms with E-state index in [1.165, 1.54) is 7.11 Å². The molecule has 5 heteroatoms. The molecule has 0 aromatic heterocycles. The summed E-state index contributed by atoms with van der Waals surface area (Å²) >= 11 is 0. The highest BCUT2D eigenvalue weighted by molar-refractivity contribution is 5.72. The highest BCUT2D eigenvalue weighted by Gasteiger charge is 2.23. The molecule has 0 saturated carbocycles. The lowest BCUT2D eigenvalue weighted by molar-refractivity contribution is -0.138. The lowest BCUT2D eigenvalue weighted by atomic mass is 10.0. The van der Waals surface area contributed by atoms with Gasteiger partial charge in [-0.05, 0) is 13.8 Å². The highest BCUT2D eigenvalue weighted by atomic mass is 16.5. The number of carbonyl (C=O) groups is 2. The molecule has 0 aromatic carbocycles. The van der Waals surface area contributed by atoms with Crippen molar-refractivity contribution >= 4 is 12.1 Å². The quantitative estimate of drug-likeness (QED) is 0.658. The van der Waals surface area contributed by atoms with E-state index in [9.17, 15) is 9.59 Å². The molecule has 0 unspecified atom stereocenters. The molecule has 0 heterocycles. The van der Waals surface area contributed by atoms with Crippen LogP contribution in [0.25, 0.3) is 0 Å². The maximum Gasteiger partial charge on any atom is 0.407 e. The number of rotatable bonds is 3. The van der Waals surface area contributed by atoms with Gasteiger partial charge in [0, 0.05) is 5.54 Å². The van der Waals surface area contributed by atoms with E-state index in [0.717, 1.165) is 0 Å². The van der Waals surface area contributed by atoms with Gasteiger partial charge in [0.2, 0.25) is 0 Å². The number of alkyl carbamates (subject to hydrolysis) is 1. The van der Waals surface area contributed by atoms with Crippen LogP contribution >= 0.6 is 0 Å². The molecule has 0 aliphatic heterocycles. The maximum atomic E-state index is 10.7. The van der Waals surface area contributed by atoms with Crippen LogP contribution in [0.4, 0.5) is 4.79 Å². The van der Waals surface area contributed by atoms with Crippen LogP contribution in [0.1, 0.15) is 20.3 Å². The molecular formula is C7H13NO4. The van der Waals surface area contributed by atoms with Crippen LogP contribution in [0, 0.1) is 0 Å². The SMILES string of the molecule is COC(=O)NC(C)(C)CC(=O)O. The van der Waals surface area contributed by atoms with Crippen molar-refractivity contribution in [1.29, 1.82) is 0 Å². The average Bonchev–Trinajstić information content (AvgIpc) is 1.83. The molecule has 1 amide bonds. The van der Waals surface area contributed by atoms with Crippen molar-refractivity contribution in [2.24, 2.45) is 0 Å². The Balaban J connectivity index is 4.03. The number of carboxylic acid groups (broad SMARTS) is 1. The molecule has 0 rings (SSSR count). The fourth-order valence-corrected chi connectivity index (χ4v) is 0.750. The number of aliphatic carboxylic acids is 1. The Bertz CT molecular complexity index is 188. The second-order valence-corrected chi connectivity index (χ2v) is 3.07. The van der Waals surface area contributed by atoms with E-state index in [4.69, 9.17) is 5.11 Å². The minimum absolute atomic E-state index is 0.137. The average molecular weight is 175 g/mol. The first-order valence-electron chi connectivity index (χ1n) is 3.45. The second kappa shape index (κ2) is 3.94. The number of hydrogen-bond donors (Lipinski definition) is 2. The largest absolute Gasteiger partial charge is 0.481 e. The maximum absolute atomic E-state index is 10.7. The zero-order valence-electron chi connectivity index (χ0n) is 7.38. The van der Waals surface area contributed by atoms with Crippen molar-refractivity contribution in [3.05, 3.63) is 0 Å². The first-order chi connectivity index (χ1) is 5.37. The molecule has 5 nitrogen and oxygen atoms in total. The lowest BCUT2D eigenvalue weighted by Crippen LogP contribution is -2.44. The molecule has 12 heavy (non-hydrogen) atoms. The van der Waals surface area contributed by atoms with Crippen molar-refractivity contribution in [1.82, 2.24) is 5.32 Å². The van der Waals surface area contributed by atoms with Crippen LogP contribution in [0.5, 0.6) is 0 Å². The number of ether oxygens (including phenoxy) is 1. The van der Waals surface area contributed by atoms with Gasteiger partial charge in [-0.25, -0.2) is 4.79 Å². The minimum Gasteiger partial charge on any atom is -0.481 e. The smallest absolute Gasteiger partial charge is 0.407 e. The van der Waals surface area contributed by atoms with E-state index < -0.39 is 17.6 Å². The topological polar surface area (TPSA) is 75.6 Å². The third kappa shape index (κ3) is 4.54. The molecule has 0 fully saturated rings. The number of hydrogen-bond acceptors (Lipinski definition) is 3.